The lowest BCUT2D eigenvalue weighted by atomic mass is 9.91. The number of hydrogen-bond acceptors (Lipinski definition) is 4. The molecule has 1 amide bonds. The number of nitrogens with zero attached hydrogens (tertiary/aromatic N) is 4. The topological polar surface area (TPSA) is 65.1 Å². The van der Waals surface area contributed by atoms with Crippen LogP contribution >= 0.6 is 0 Å². The molecule has 6 nitrogen and oxygen atoms in total. The second-order valence-corrected chi connectivity index (χ2v) is 6.18. The van der Waals surface area contributed by atoms with Crippen LogP contribution < -0.4 is 0 Å². The summed E-state index contributed by atoms with van der Waals surface area (Å²) < 4.78 is 0. The predicted octanol–water partition coefficient (Wildman–Crippen LogP) is 1.12. The van der Waals surface area contributed by atoms with Crippen molar-refractivity contribution in [1.82, 2.24) is 24.8 Å². The Morgan fingerprint density at radius 3 is 3.19 bits per heavy atom. The summed E-state index contributed by atoms with van der Waals surface area (Å²) in [6.07, 6.45) is 7.29. The Morgan fingerprint density at radius 2 is 2.29 bits per heavy atom. The number of amides is 1. The monoisotopic (exact) mass is 285 g/mol. The highest BCUT2D eigenvalue weighted by molar-refractivity contribution is 6.04. The number of H-pyrrole nitrogens is 1. The Hall–Kier alpha value is -1.95. The van der Waals surface area contributed by atoms with Crippen LogP contribution in [-0.2, 0) is 0 Å². The van der Waals surface area contributed by atoms with Gasteiger partial charge < -0.3 is 14.8 Å². The van der Waals surface area contributed by atoms with Gasteiger partial charge in [0.2, 0.25) is 0 Å². The van der Waals surface area contributed by atoms with Gasteiger partial charge in [0.1, 0.15) is 5.52 Å². The maximum atomic E-state index is 13.0. The third kappa shape index (κ3) is 2.01. The number of carbonyl (C=O) groups excluding carboxylic acids is 1. The zero-order chi connectivity index (χ0) is 14.4. The van der Waals surface area contributed by atoms with E-state index in [1.54, 1.807) is 18.7 Å². The molecule has 0 unspecified atom stereocenters. The van der Waals surface area contributed by atoms with E-state index in [1.165, 1.54) is 6.42 Å². The van der Waals surface area contributed by atoms with Gasteiger partial charge in [-0.05, 0) is 25.8 Å². The second-order valence-electron chi connectivity index (χ2n) is 6.18. The van der Waals surface area contributed by atoms with Crippen LogP contribution in [-0.4, -0.2) is 63.4 Å². The summed E-state index contributed by atoms with van der Waals surface area (Å²) in [4.78, 5) is 28.8. The van der Waals surface area contributed by atoms with Gasteiger partial charge in [-0.1, -0.05) is 0 Å². The SMILES string of the molecule is CN1C[C@@H]2CCCN(C(=O)c3cncc4[nH]cnc34)[C@@H]2C1. The highest BCUT2D eigenvalue weighted by Crippen LogP contribution is 2.31. The summed E-state index contributed by atoms with van der Waals surface area (Å²) in [5.41, 5.74) is 2.16. The zero-order valence-electron chi connectivity index (χ0n) is 12.1. The molecule has 2 atom stereocenters. The molecule has 21 heavy (non-hydrogen) atoms. The molecule has 0 bridgehead atoms. The predicted molar refractivity (Wildman–Crippen MR) is 78.9 cm³/mol. The Bertz CT molecular complexity index is 682. The fraction of sp³-hybridized carbons (Fsp3) is 0.533. The summed E-state index contributed by atoms with van der Waals surface area (Å²) in [7, 11) is 2.14. The molecule has 0 radical (unpaired) electrons. The van der Waals surface area contributed by atoms with Gasteiger partial charge in [-0.3, -0.25) is 9.78 Å². The normalized spacial score (nSPS) is 26.2. The molecule has 0 aromatic carbocycles. The number of likely N-dealkylation sites (tertiary alicyclic amines) is 2. The van der Waals surface area contributed by atoms with Crippen molar-refractivity contribution in [2.75, 3.05) is 26.7 Å². The maximum absolute atomic E-state index is 13.0. The lowest BCUT2D eigenvalue weighted by molar-refractivity contribution is 0.0573. The van der Waals surface area contributed by atoms with E-state index in [4.69, 9.17) is 0 Å². The molecule has 4 rings (SSSR count). The smallest absolute Gasteiger partial charge is 0.258 e. The number of carbonyl (C=O) groups is 1. The number of likely N-dealkylation sites (N-methyl/N-ethyl adjacent to an activating group) is 1. The first-order valence-corrected chi connectivity index (χ1v) is 7.50. The van der Waals surface area contributed by atoms with Crippen LogP contribution in [0, 0.1) is 5.92 Å². The third-order valence-corrected chi connectivity index (χ3v) is 4.79. The molecule has 6 heteroatoms. The minimum atomic E-state index is 0.0743. The summed E-state index contributed by atoms with van der Waals surface area (Å²) in [5, 5.41) is 0. The number of rotatable bonds is 1. The Kier molecular flexibility index (Phi) is 2.92. The molecule has 2 aliphatic heterocycles. The van der Waals surface area contributed by atoms with E-state index in [0.29, 0.717) is 17.5 Å². The van der Waals surface area contributed by atoms with E-state index in [1.807, 2.05) is 4.90 Å². The van der Waals surface area contributed by atoms with E-state index in [2.05, 4.69) is 26.9 Å². The molecular formula is C15H19N5O. The van der Waals surface area contributed by atoms with Crippen LogP contribution in [0.3, 0.4) is 0 Å². The largest absolute Gasteiger partial charge is 0.343 e. The van der Waals surface area contributed by atoms with Gasteiger partial charge in [-0.15, -0.1) is 0 Å². The minimum Gasteiger partial charge on any atom is -0.343 e. The molecule has 0 aliphatic carbocycles. The highest BCUT2D eigenvalue weighted by Gasteiger charge is 2.40. The van der Waals surface area contributed by atoms with Crippen molar-refractivity contribution in [3.63, 3.8) is 0 Å². The van der Waals surface area contributed by atoms with Crippen molar-refractivity contribution >= 4 is 16.9 Å². The first-order chi connectivity index (χ1) is 10.2. The van der Waals surface area contributed by atoms with E-state index >= 15 is 0 Å². The van der Waals surface area contributed by atoms with Crippen LogP contribution in [0.4, 0.5) is 0 Å². The number of piperidine rings is 1. The van der Waals surface area contributed by atoms with E-state index in [0.717, 1.165) is 37.1 Å². The van der Waals surface area contributed by atoms with Crippen molar-refractivity contribution < 1.29 is 4.79 Å². The molecule has 2 saturated heterocycles. The number of aromatic nitrogens is 3. The Labute approximate surface area is 123 Å². The first kappa shape index (κ1) is 12.8. The molecule has 2 aromatic heterocycles. The molecular weight excluding hydrogens is 266 g/mol. The molecule has 2 aliphatic rings. The molecule has 2 fully saturated rings. The number of pyridine rings is 1. The number of hydrogen-bond donors (Lipinski definition) is 1. The zero-order valence-corrected chi connectivity index (χ0v) is 12.1. The minimum absolute atomic E-state index is 0.0743. The average molecular weight is 285 g/mol. The summed E-state index contributed by atoms with van der Waals surface area (Å²) >= 11 is 0. The van der Waals surface area contributed by atoms with Crippen molar-refractivity contribution in [2.45, 2.75) is 18.9 Å². The van der Waals surface area contributed by atoms with Crippen molar-refractivity contribution in [3.05, 3.63) is 24.3 Å². The van der Waals surface area contributed by atoms with Crippen molar-refractivity contribution in [2.24, 2.45) is 5.92 Å². The number of imidazole rings is 1. The van der Waals surface area contributed by atoms with Crippen LogP contribution in [0.2, 0.25) is 0 Å². The van der Waals surface area contributed by atoms with Crippen LogP contribution in [0.1, 0.15) is 23.2 Å². The maximum Gasteiger partial charge on any atom is 0.258 e. The molecule has 4 heterocycles. The summed E-state index contributed by atoms with van der Waals surface area (Å²) in [6.45, 7) is 2.91. The van der Waals surface area contributed by atoms with Crippen LogP contribution in [0.5, 0.6) is 0 Å². The third-order valence-electron chi connectivity index (χ3n) is 4.79. The van der Waals surface area contributed by atoms with Crippen molar-refractivity contribution in [1.29, 1.82) is 0 Å². The Morgan fingerprint density at radius 1 is 1.38 bits per heavy atom. The quantitative estimate of drug-likeness (QED) is 0.853. The fourth-order valence-corrected chi connectivity index (χ4v) is 3.82. The molecule has 1 N–H and O–H groups in total. The molecule has 0 spiro atoms. The van der Waals surface area contributed by atoms with Gasteiger partial charge in [-0.2, -0.15) is 0 Å². The lowest BCUT2D eigenvalue weighted by Gasteiger charge is -2.37. The summed E-state index contributed by atoms with van der Waals surface area (Å²) in [5.74, 6) is 0.684. The van der Waals surface area contributed by atoms with Gasteiger partial charge in [-0.25, -0.2) is 4.98 Å². The number of aromatic amines is 1. The van der Waals surface area contributed by atoms with E-state index in [-0.39, 0.29) is 5.91 Å². The van der Waals surface area contributed by atoms with Gasteiger partial charge in [0.15, 0.2) is 0 Å². The van der Waals surface area contributed by atoms with Gasteiger partial charge in [0, 0.05) is 31.9 Å². The van der Waals surface area contributed by atoms with Crippen molar-refractivity contribution in [3.8, 4) is 0 Å². The first-order valence-electron chi connectivity index (χ1n) is 7.50. The van der Waals surface area contributed by atoms with E-state index in [9.17, 15) is 4.79 Å². The average Bonchev–Trinajstić information content (AvgIpc) is 3.10. The molecule has 2 aromatic rings. The van der Waals surface area contributed by atoms with E-state index < -0.39 is 0 Å². The fourth-order valence-electron chi connectivity index (χ4n) is 3.82. The van der Waals surface area contributed by atoms with Crippen LogP contribution in [0.25, 0.3) is 11.0 Å². The highest BCUT2D eigenvalue weighted by atomic mass is 16.2. The summed E-state index contributed by atoms with van der Waals surface area (Å²) in [6, 6.07) is 0.338. The lowest BCUT2D eigenvalue weighted by Crippen LogP contribution is -2.48. The molecule has 0 saturated carbocycles. The van der Waals surface area contributed by atoms with Crippen LogP contribution in [0.15, 0.2) is 18.7 Å². The second kappa shape index (κ2) is 4.80. The number of nitrogens with one attached hydrogen (secondary N) is 1. The Balaban J connectivity index is 1.69. The standard InChI is InChI=1S/C15H19N5O/c1-19-7-10-3-2-4-20(13(10)8-19)15(21)11-5-16-6-12-14(11)18-9-17-12/h5-6,9-10,13H,2-4,7-8H2,1H3,(H,17,18)/t10-,13+/m0/s1. The van der Waals surface area contributed by atoms with Gasteiger partial charge in [0.25, 0.3) is 5.91 Å². The number of fused-ring (bicyclic) bond motifs is 2. The van der Waals surface area contributed by atoms with Gasteiger partial charge >= 0.3 is 0 Å². The van der Waals surface area contributed by atoms with Gasteiger partial charge in [0.05, 0.1) is 23.6 Å². The molecule has 110 valence electrons.